The summed E-state index contributed by atoms with van der Waals surface area (Å²) < 4.78 is 11.9. The molecule has 1 aromatic heterocycles. The molecule has 1 fully saturated rings. The van der Waals surface area contributed by atoms with E-state index in [1.165, 1.54) is 0 Å². The summed E-state index contributed by atoms with van der Waals surface area (Å²) in [6, 6.07) is 3.58. The summed E-state index contributed by atoms with van der Waals surface area (Å²) in [5.41, 5.74) is 6.47. The second-order valence-electron chi connectivity index (χ2n) is 5.84. The van der Waals surface area contributed by atoms with E-state index in [1.807, 2.05) is 33.8 Å². The summed E-state index contributed by atoms with van der Waals surface area (Å²) in [5, 5.41) is 9.12. The van der Waals surface area contributed by atoms with E-state index >= 15 is 0 Å². The summed E-state index contributed by atoms with van der Waals surface area (Å²) >= 11 is 0. The molecule has 0 amide bonds. The molecule has 0 atom stereocenters. The lowest BCUT2D eigenvalue weighted by molar-refractivity contribution is 0.00578. The Morgan fingerprint density at radius 3 is 2.32 bits per heavy atom. The van der Waals surface area contributed by atoms with Crippen LogP contribution in [0.15, 0.2) is 12.1 Å². The minimum absolute atomic E-state index is 0.0537. The van der Waals surface area contributed by atoms with Crippen LogP contribution in [0.25, 0.3) is 0 Å². The first kappa shape index (κ1) is 14.3. The molecule has 104 valence electrons. The largest absolute Gasteiger partial charge is 0.514 e. The van der Waals surface area contributed by atoms with Crippen LogP contribution < -0.4 is 11.3 Å². The van der Waals surface area contributed by atoms with E-state index in [4.69, 9.17) is 20.1 Å². The number of rotatable bonds is 3. The molecule has 1 aromatic rings. The maximum Gasteiger partial charge on any atom is 0.514 e. The third-order valence-electron chi connectivity index (χ3n) is 3.89. The Morgan fingerprint density at radius 1 is 1.21 bits per heavy atom. The van der Waals surface area contributed by atoms with E-state index in [1.54, 1.807) is 6.07 Å². The molecule has 1 aliphatic heterocycles. The van der Waals surface area contributed by atoms with E-state index < -0.39 is 18.3 Å². The highest BCUT2D eigenvalue weighted by Gasteiger charge is 2.52. The molecule has 0 aliphatic carbocycles. The molecule has 19 heavy (non-hydrogen) atoms. The maximum atomic E-state index is 9.12. The monoisotopic (exact) mass is 264 g/mol. The number of nitrogens with two attached hydrogens (primary N) is 1. The maximum absolute atomic E-state index is 9.12. The minimum atomic E-state index is -0.546. The lowest BCUT2D eigenvalue weighted by Crippen LogP contribution is -2.41. The van der Waals surface area contributed by atoms with Crippen molar-refractivity contribution < 1.29 is 14.4 Å². The van der Waals surface area contributed by atoms with Gasteiger partial charge in [-0.2, -0.15) is 0 Å². The second kappa shape index (κ2) is 4.78. The number of aliphatic hydroxyl groups is 1. The van der Waals surface area contributed by atoms with E-state index in [0.717, 1.165) is 5.56 Å². The van der Waals surface area contributed by atoms with Gasteiger partial charge in [-0.05, 0) is 45.7 Å². The highest BCUT2D eigenvalue weighted by Crippen LogP contribution is 2.36. The molecule has 0 bridgehead atoms. The Hall–Kier alpha value is -1.11. The SMILES string of the molecule is CC1(C)OB(c2nc(N)ccc2CCO)OC1(C)C. The van der Waals surface area contributed by atoms with Gasteiger partial charge in [0.1, 0.15) is 5.82 Å². The van der Waals surface area contributed by atoms with Gasteiger partial charge in [-0.3, -0.25) is 0 Å². The number of nitrogens with zero attached hydrogens (tertiary/aromatic N) is 1. The van der Waals surface area contributed by atoms with Crippen molar-refractivity contribution in [3.63, 3.8) is 0 Å². The van der Waals surface area contributed by atoms with Crippen LogP contribution in [0.2, 0.25) is 0 Å². The fourth-order valence-corrected chi connectivity index (χ4v) is 2.01. The standard InChI is InChI=1S/C13H21BN2O3/c1-12(2)13(3,4)19-14(18-12)11-9(7-8-17)5-6-10(15)16-11/h5-6,17H,7-8H2,1-4H3,(H2,15,16). The fourth-order valence-electron chi connectivity index (χ4n) is 2.01. The molecule has 6 heteroatoms. The molecule has 3 N–H and O–H groups in total. The molecule has 0 spiro atoms. The first-order valence-electron chi connectivity index (χ1n) is 6.48. The van der Waals surface area contributed by atoms with Gasteiger partial charge in [0.2, 0.25) is 0 Å². The highest BCUT2D eigenvalue weighted by atomic mass is 16.7. The molecule has 1 aliphatic rings. The Bertz CT molecular complexity index is 461. The first-order chi connectivity index (χ1) is 8.77. The summed E-state index contributed by atoms with van der Waals surface area (Å²) in [6.45, 7) is 8.02. The van der Waals surface area contributed by atoms with Crippen molar-refractivity contribution in [1.82, 2.24) is 4.98 Å². The van der Waals surface area contributed by atoms with Crippen molar-refractivity contribution in [2.75, 3.05) is 12.3 Å². The number of anilines is 1. The molecular formula is C13H21BN2O3. The van der Waals surface area contributed by atoms with Crippen molar-refractivity contribution in [3.05, 3.63) is 17.7 Å². The third-order valence-corrected chi connectivity index (χ3v) is 3.89. The van der Waals surface area contributed by atoms with Crippen LogP contribution in [-0.4, -0.2) is 35.0 Å². The smallest absolute Gasteiger partial charge is 0.398 e. The van der Waals surface area contributed by atoms with Gasteiger partial charge in [0.25, 0.3) is 0 Å². The van der Waals surface area contributed by atoms with Crippen LogP contribution in [0.3, 0.4) is 0 Å². The summed E-state index contributed by atoms with van der Waals surface area (Å²) in [4.78, 5) is 4.32. The summed E-state index contributed by atoms with van der Waals surface area (Å²) in [5.74, 6) is 0.423. The van der Waals surface area contributed by atoms with Crippen molar-refractivity contribution in [3.8, 4) is 0 Å². The number of aliphatic hydroxyl groups excluding tert-OH is 1. The Labute approximate surface area is 114 Å². The second-order valence-corrected chi connectivity index (χ2v) is 5.84. The molecule has 0 saturated carbocycles. The lowest BCUT2D eigenvalue weighted by Gasteiger charge is -2.32. The molecule has 2 rings (SSSR count). The van der Waals surface area contributed by atoms with Gasteiger partial charge in [0.05, 0.1) is 16.8 Å². The highest BCUT2D eigenvalue weighted by molar-refractivity contribution is 6.61. The number of aromatic nitrogens is 1. The zero-order chi connectivity index (χ0) is 14.3. The van der Waals surface area contributed by atoms with Crippen LogP contribution in [-0.2, 0) is 15.7 Å². The molecule has 2 heterocycles. The molecule has 5 nitrogen and oxygen atoms in total. The molecule has 0 unspecified atom stereocenters. The van der Waals surface area contributed by atoms with Gasteiger partial charge in [0, 0.05) is 6.61 Å². The Balaban J connectivity index is 2.35. The predicted octanol–water partition coefficient (Wildman–Crippen LogP) is 0.498. The normalized spacial score (nSPS) is 20.8. The van der Waals surface area contributed by atoms with Crippen LogP contribution in [0.5, 0.6) is 0 Å². The first-order valence-corrected chi connectivity index (χ1v) is 6.48. The number of nitrogen functional groups attached to an aromatic ring is 1. The molecule has 0 radical (unpaired) electrons. The van der Waals surface area contributed by atoms with E-state index in [2.05, 4.69) is 4.98 Å². The van der Waals surface area contributed by atoms with Crippen molar-refractivity contribution in [2.24, 2.45) is 0 Å². The van der Waals surface area contributed by atoms with Crippen LogP contribution in [0, 0.1) is 0 Å². The Kier molecular flexibility index (Phi) is 3.60. The predicted molar refractivity (Wildman–Crippen MR) is 75.2 cm³/mol. The number of hydrogen-bond acceptors (Lipinski definition) is 5. The van der Waals surface area contributed by atoms with Crippen LogP contribution in [0.1, 0.15) is 33.3 Å². The quantitative estimate of drug-likeness (QED) is 0.777. The molecular weight excluding hydrogens is 243 g/mol. The average Bonchev–Trinajstić information content (AvgIpc) is 2.51. The number of pyridine rings is 1. The Morgan fingerprint density at radius 2 is 1.79 bits per heavy atom. The summed E-state index contributed by atoms with van der Waals surface area (Å²) in [6.07, 6.45) is 0.507. The van der Waals surface area contributed by atoms with Gasteiger partial charge in [-0.25, -0.2) is 4.98 Å². The van der Waals surface area contributed by atoms with E-state index in [0.29, 0.717) is 17.8 Å². The van der Waals surface area contributed by atoms with Crippen molar-refractivity contribution in [2.45, 2.75) is 45.3 Å². The van der Waals surface area contributed by atoms with Gasteiger partial charge < -0.3 is 20.1 Å². The van der Waals surface area contributed by atoms with Crippen LogP contribution in [0.4, 0.5) is 5.82 Å². The zero-order valence-electron chi connectivity index (χ0n) is 11.9. The van der Waals surface area contributed by atoms with Gasteiger partial charge >= 0.3 is 7.12 Å². The van der Waals surface area contributed by atoms with Gasteiger partial charge in [0.15, 0.2) is 0 Å². The molecule has 0 aromatic carbocycles. The van der Waals surface area contributed by atoms with Crippen LogP contribution >= 0.6 is 0 Å². The van der Waals surface area contributed by atoms with Gasteiger partial charge in [-0.1, -0.05) is 6.07 Å². The topological polar surface area (TPSA) is 77.6 Å². The lowest BCUT2D eigenvalue weighted by atomic mass is 9.80. The minimum Gasteiger partial charge on any atom is -0.398 e. The number of hydrogen-bond donors (Lipinski definition) is 2. The summed E-state index contributed by atoms with van der Waals surface area (Å²) in [7, 11) is -0.546. The van der Waals surface area contributed by atoms with E-state index in [9.17, 15) is 0 Å². The third kappa shape index (κ3) is 2.61. The fraction of sp³-hybridized carbons (Fsp3) is 0.615. The van der Waals surface area contributed by atoms with Crippen molar-refractivity contribution >= 4 is 18.5 Å². The molecule has 1 saturated heterocycles. The average molecular weight is 264 g/mol. The van der Waals surface area contributed by atoms with Crippen molar-refractivity contribution in [1.29, 1.82) is 0 Å². The zero-order valence-corrected chi connectivity index (χ0v) is 11.9. The van der Waals surface area contributed by atoms with E-state index in [-0.39, 0.29) is 6.61 Å². The van der Waals surface area contributed by atoms with Gasteiger partial charge in [-0.15, -0.1) is 0 Å².